The third-order valence-electron chi connectivity index (χ3n) is 2.14. The van der Waals surface area contributed by atoms with Crippen LogP contribution in [0.25, 0.3) is 11.5 Å². The van der Waals surface area contributed by atoms with Crippen LogP contribution in [0.5, 0.6) is 0 Å². The van der Waals surface area contributed by atoms with E-state index in [0.29, 0.717) is 18.1 Å². The second-order valence-electron chi connectivity index (χ2n) is 3.22. The average molecular weight is 233 g/mol. The van der Waals surface area contributed by atoms with Crippen molar-refractivity contribution in [1.29, 1.82) is 0 Å². The molecule has 0 aliphatic carbocycles. The van der Waals surface area contributed by atoms with Crippen molar-refractivity contribution in [3.63, 3.8) is 0 Å². The summed E-state index contributed by atoms with van der Waals surface area (Å²) in [6, 6.07) is 1.69. The van der Waals surface area contributed by atoms with Gasteiger partial charge >= 0.3 is 5.97 Å². The van der Waals surface area contributed by atoms with E-state index in [2.05, 4.69) is 20.2 Å². The Kier molecular flexibility index (Phi) is 3.08. The highest BCUT2D eigenvalue weighted by Crippen LogP contribution is 2.13. The van der Waals surface area contributed by atoms with E-state index >= 15 is 0 Å². The first kappa shape index (κ1) is 11.2. The quantitative estimate of drug-likeness (QED) is 0.716. The Morgan fingerprint density at radius 2 is 2.29 bits per heavy atom. The van der Waals surface area contributed by atoms with Crippen molar-refractivity contribution in [2.45, 2.75) is 6.92 Å². The molecule has 0 fully saturated rings. The van der Waals surface area contributed by atoms with Crippen LogP contribution in [0.3, 0.4) is 0 Å². The number of hydrogen-bond donors (Lipinski definition) is 0. The number of carbonyl (C=O) groups excluding carboxylic acids is 1. The molecule has 0 radical (unpaired) electrons. The van der Waals surface area contributed by atoms with Crippen LogP contribution in [0.15, 0.2) is 18.6 Å². The second-order valence-corrected chi connectivity index (χ2v) is 3.22. The highest BCUT2D eigenvalue weighted by molar-refractivity contribution is 5.86. The smallest absolute Gasteiger partial charge is 0.376 e. The highest BCUT2D eigenvalue weighted by Gasteiger charge is 2.18. The maximum Gasteiger partial charge on any atom is 0.376 e. The fourth-order valence-corrected chi connectivity index (χ4v) is 1.35. The number of rotatable bonds is 3. The van der Waals surface area contributed by atoms with Crippen LogP contribution in [0.4, 0.5) is 0 Å². The number of hydrogen-bond acceptors (Lipinski definition) is 6. The number of nitrogens with zero attached hydrogens (tertiary/aromatic N) is 5. The van der Waals surface area contributed by atoms with E-state index in [4.69, 9.17) is 4.74 Å². The van der Waals surface area contributed by atoms with Crippen LogP contribution in [0.2, 0.25) is 0 Å². The number of esters is 1. The summed E-state index contributed by atoms with van der Waals surface area (Å²) in [7, 11) is 1.68. The van der Waals surface area contributed by atoms with Crippen molar-refractivity contribution >= 4 is 5.97 Å². The van der Waals surface area contributed by atoms with E-state index in [0.717, 1.165) is 0 Å². The summed E-state index contributed by atoms with van der Waals surface area (Å²) in [6.45, 7) is 2.04. The SMILES string of the molecule is CCOC(=O)c1nnc(-c2ccncn2)n1C. The van der Waals surface area contributed by atoms with Gasteiger partial charge in [-0.2, -0.15) is 0 Å². The van der Waals surface area contributed by atoms with Crippen molar-refractivity contribution in [3.05, 3.63) is 24.4 Å². The molecular weight excluding hydrogens is 222 g/mol. The molecule has 2 rings (SSSR count). The molecule has 17 heavy (non-hydrogen) atoms. The van der Waals surface area contributed by atoms with Crippen molar-refractivity contribution < 1.29 is 9.53 Å². The standard InChI is InChI=1S/C10H11N5O2/c1-3-17-10(16)9-14-13-8(15(9)2)7-4-5-11-6-12-7/h4-6H,3H2,1-2H3. The molecule has 88 valence electrons. The van der Waals surface area contributed by atoms with Crippen molar-refractivity contribution in [3.8, 4) is 11.5 Å². The topological polar surface area (TPSA) is 82.8 Å². The molecule has 0 saturated carbocycles. The Labute approximate surface area is 97.5 Å². The molecule has 0 atom stereocenters. The summed E-state index contributed by atoms with van der Waals surface area (Å²) in [5.74, 6) is 0.152. The summed E-state index contributed by atoms with van der Waals surface area (Å²) in [6.07, 6.45) is 3.01. The van der Waals surface area contributed by atoms with E-state index in [-0.39, 0.29) is 5.82 Å². The van der Waals surface area contributed by atoms with Crippen LogP contribution in [-0.4, -0.2) is 37.3 Å². The lowest BCUT2D eigenvalue weighted by molar-refractivity contribution is 0.0507. The van der Waals surface area contributed by atoms with Crippen molar-refractivity contribution in [1.82, 2.24) is 24.7 Å². The molecule has 0 spiro atoms. The lowest BCUT2D eigenvalue weighted by atomic mass is 10.4. The van der Waals surface area contributed by atoms with E-state index in [1.165, 1.54) is 6.33 Å². The van der Waals surface area contributed by atoms with Gasteiger partial charge < -0.3 is 9.30 Å². The zero-order valence-electron chi connectivity index (χ0n) is 9.49. The first-order valence-corrected chi connectivity index (χ1v) is 5.07. The van der Waals surface area contributed by atoms with Gasteiger partial charge in [0.15, 0.2) is 5.82 Å². The van der Waals surface area contributed by atoms with Gasteiger partial charge in [-0.3, -0.25) is 0 Å². The minimum atomic E-state index is -0.497. The van der Waals surface area contributed by atoms with Gasteiger partial charge in [-0.1, -0.05) is 0 Å². The summed E-state index contributed by atoms with van der Waals surface area (Å²) < 4.78 is 6.40. The summed E-state index contributed by atoms with van der Waals surface area (Å²) in [5, 5.41) is 7.70. The average Bonchev–Trinajstić information content (AvgIpc) is 2.72. The Bertz CT molecular complexity index is 523. The molecule has 0 N–H and O–H groups in total. The van der Waals surface area contributed by atoms with Gasteiger partial charge in [0.05, 0.1) is 6.61 Å². The summed E-state index contributed by atoms with van der Waals surface area (Å²) in [5.41, 5.74) is 0.602. The highest BCUT2D eigenvalue weighted by atomic mass is 16.5. The minimum Gasteiger partial charge on any atom is -0.460 e. The van der Waals surface area contributed by atoms with E-state index in [1.807, 2.05) is 0 Å². The van der Waals surface area contributed by atoms with Crippen LogP contribution < -0.4 is 0 Å². The lowest BCUT2D eigenvalue weighted by Gasteiger charge is -2.02. The summed E-state index contributed by atoms with van der Waals surface area (Å²) >= 11 is 0. The predicted octanol–water partition coefficient (Wildman–Crippen LogP) is 0.449. The predicted molar refractivity (Wildman–Crippen MR) is 58.0 cm³/mol. The van der Waals surface area contributed by atoms with E-state index in [1.54, 1.807) is 30.8 Å². The van der Waals surface area contributed by atoms with Gasteiger partial charge in [0.25, 0.3) is 0 Å². The van der Waals surface area contributed by atoms with Crippen LogP contribution >= 0.6 is 0 Å². The number of carbonyl (C=O) groups is 1. The molecular formula is C10H11N5O2. The Balaban J connectivity index is 2.37. The van der Waals surface area contributed by atoms with Gasteiger partial charge in [-0.15, -0.1) is 10.2 Å². The minimum absolute atomic E-state index is 0.153. The normalized spacial score (nSPS) is 10.2. The third kappa shape index (κ3) is 2.12. The zero-order valence-corrected chi connectivity index (χ0v) is 9.49. The second kappa shape index (κ2) is 4.69. The number of ether oxygens (including phenoxy) is 1. The molecule has 0 aliphatic heterocycles. The van der Waals surface area contributed by atoms with Gasteiger partial charge in [0.1, 0.15) is 12.0 Å². The van der Waals surface area contributed by atoms with Gasteiger partial charge in [-0.05, 0) is 13.0 Å². The fourth-order valence-electron chi connectivity index (χ4n) is 1.35. The van der Waals surface area contributed by atoms with E-state index in [9.17, 15) is 4.79 Å². The first-order chi connectivity index (χ1) is 8.24. The molecule has 0 unspecified atom stereocenters. The maximum atomic E-state index is 11.5. The molecule has 7 nitrogen and oxygen atoms in total. The van der Waals surface area contributed by atoms with Gasteiger partial charge in [-0.25, -0.2) is 14.8 Å². The molecule has 2 aromatic rings. The third-order valence-corrected chi connectivity index (χ3v) is 2.14. The zero-order chi connectivity index (χ0) is 12.3. The Morgan fingerprint density at radius 3 is 2.94 bits per heavy atom. The molecule has 0 aliphatic rings. The molecule has 7 heteroatoms. The van der Waals surface area contributed by atoms with Crippen molar-refractivity contribution in [2.24, 2.45) is 7.05 Å². The molecule has 0 aromatic carbocycles. The number of aromatic nitrogens is 5. The van der Waals surface area contributed by atoms with E-state index < -0.39 is 5.97 Å². The Hall–Kier alpha value is -2.31. The van der Waals surface area contributed by atoms with Crippen LogP contribution in [0.1, 0.15) is 17.5 Å². The molecule has 0 bridgehead atoms. The fraction of sp³-hybridized carbons (Fsp3) is 0.300. The first-order valence-electron chi connectivity index (χ1n) is 5.07. The molecule has 0 saturated heterocycles. The summed E-state index contributed by atoms with van der Waals surface area (Å²) in [4.78, 5) is 19.4. The Morgan fingerprint density at radius 1 is 1.47 bits per heavy atom. The molecule has 2 aromatic heterocycles. The lowest BCUT2D eigenvalue weighted by Crippen LogP contribution is -2.11. The maximum absolute atomic E-state index is 11.5. The monoisotopic (exact) mass is 233 g/mol. The molecule has 2 heterocycles. The van der Waals surface area contributed by atoms with Crippen LogP contribution in [0, 0.1) is 0 Å². The van der Waals surface area contributed by atoms with Crippen LogP contribution in [-0.2, 0) is 11.8 Å². The largest absolute Gasteiger partial charge is 0.460 e. The van der Waals surface area contributed by atoms with Gasteiger partial charge in [0.2, 0.25) is 5.82 Å². The molecule has 0 amide bonds. The van der Waals surface area contributed by atoms with Gasteiger partial charge in [0, 0.05) is 13.2 Å². The van der Waals surface area contributed by atoms with Crippen molar-refractivity contribution in [2.75, 3.05) is 6.61 Å².